The van der Waals surface area contributed by atoms with Crippen LogP contribution in [0, 0.1) is 0 Å². The van der Waals surface area contributed by atoms with Gasteiger partial charge in [-0.1, -0.05) is 0 Å². The summed E-state index contributed by atoms with van der Waals surface area (Å²) in [6.07, 6.45) is -0.468. The number of carbonyl (C=O) groups excluding carboxylic acids is 2. The molecule has 0 aliphatic carbocycles. The zero-order chi connectivity index (χ0) is 11.9. The number of carbonyl (C=O) groups is 2. The van der Waals surface area contributed by atoms with Gasteiger partial charge in [-0.3, -0.25) is 4.79 Å². The van der Waals surface area contributed by atoms with Gasteiger partial charge < -0.3 is 21.1 Å². The molecule has 0 aromatic rings. The van der Waals surface area contributed by atoms with Crippen LogP contribution in [0.1, 0.15) is 20.8 Å². The normalized spacial score (nSPS) is 19.3. The van der Waals surface area contributed by atoms with E-state index in [9.17, 15) is 9.59 Å². The molecule has 0 aromatic heterocycles. The minimum atomic E-state index is -1.09. The standard InChI is InChI=1S/C9H17N3O3/c1-8(2,3)15-7(14)12-4-9(11,5-12)6(10)13/h4-5,11H2,1-3H3,(H2,10,13). The second-order valence-electron chi connectivity index (χ2n) is 4.86. The molecular weight excluding hydrogens is 198 g/mol. The van der Waals surface area contributed by atoms with Crippen LogP contribution in [-0.4, -0.2) is 41.1 Å². The minimum absolute atomic E-state index is 0.122. The summed E-state index contributed by atoms with van der Waals surface area (Å²) in [5.74, 6) is -0.595. The van der Waals surface area contributed by atoms with Crippen molar-refractivity contribution < 1.29 is 14.3 Å². The molecule has 0 radical (unpaired) electrons. The number of nitrogens with zero attached hydrogens (tertiary/aromatic N) is 1. The van der Waals surface area contributed by atoms with Gasteiger partial charge in [0.2, 0.25) is 5.91 Å². The van der Waals surface area contributed by atoms with Gasteiger partial charge in [0.05, 0.1) is 13.1 Å². The van der Waals surface area contributed by atoms with Crippen molar-refractivity contribution in [1.82, 2.24) is 4.90 Å². The Morgan fingerprint density at radius 3 is 2.13 bits per heavy atom. The molecule has 1 saturated heterocycles. The van der Waals surface area contributed by atoms with E-state index in [0.717, 1.165) is 0 Å². The van der Waals surface area contributed by atoms with Gasteiger partial charge in [0, 0.05) is 0 Å². The van der Waals surface area contributed by atoms with Crippen molar-refractivity contribution in [3.05, 3.63) is 0 Å². The molecule has 86 valence electrons. The fourth-order valence-electron chi connectivity index (χ4n) is 1.25. The van der Waals surface area contributed by atoms with Crippen molar-refractivity contribution in [3.8, 4) is 0 Å². The Labute approximate surface area is 88.5 Å². The molecule has 6 nitrogen and oxygen atoms in total. The van der Waals surface area contributed by atoms with Crippen LogP contribution in [0.25, 0.3) is 0 Å². The molecular formula is C9H17N3O3. The van der Waals surface area contributed by atoms with Crippen LogP contribution in [-0.2, 0) is 9.53 Å². The first-order valence-electron chi connectivity index (χ1n) is 4.71. The average Bonchev–Trinajstić information content (AvgIpc) is 1.94. The number of amides is 2. The lowest BCUT2D eigenvalue weighted by atomic mass is 9.91. The molecule has 1 heterocycles. The summed E-state index contributed by atoms with van der Waals surface area (Å²) in [5.41, 5.74) is 9.06. The third-order valence-electron chi connectivity index (χ3n) is 2.09. The van der Waals surface area contributed by atoms with Crippen molar-refractivity contribution in [1.29, 1.82) is 0 Å². The maximum Gasteiger partial charge on any atom is 0.410 e. The highest BCUT2D eigenvalue weighted by molar-refractivity contribution is 5.88. The Hall–Kier alpha value is -1.30. The van der Waals surface area contributed by atoms with Gasteiger partial charge in [0.1, 0.15) is 11.1 Å². The predicted molar refractivity (Wildman–Crippen MR) is 53.9 cm³/mol. The van der Waals surface area contributed by atoms with E-state index in [4.69, 9.17) is 16.2 Å². The fraction of sp³-hybridized carbons (Fsp3) is 0.778. The van der Waals surface area contributed by atoms with E-state index >= 15 is 0 Å². The van der Waals surface area contributed by atoms with Gasteiger partial charge in [-0.25, -0.2) is 4.79 Å². The lowest BCUT2D eigenvalue weighted by Gasteiger charge is -2.45. The van der Waals surface area contributed by atoms with Crippen molar-refractivity contribution in [2.24, 2.45) is 11.5 Å². The molecule has 15 heavy (non-hydrogen) atoms. The number of primary amides is 1. The Morgan fingerprint density at radius 1 is 1.33 bits per heavy atom. The maximum atomic E-state index is 11.4. The zero-order valence-corrected chi connectivity index (χ0v) is 9.24. The quantitative estimate of drug-likeness (QED) is 0.611. The van der Waals surface area contributed by atoms with E-state index in [-0.39, 0.29) is 13.1 Å². The van der Waals surface area contributed by atoms with Gasteiger partial charge in [0.25, 0.3) is 0 Å². The Morgan fingerprint density at radius 2 is 1.80 bits per heavy atom. The Bertz CT molecular complexity index is 289. The van der Waals surface area contributed by atoms with Crippen LogP contribution in [0.15, 0.2) is 0 Å². The molecule has 0 aromatic carbocycles. The highest BCUT2D eigenvalue weighted by Gasteiger charge is 2.48. The maximum absolute atomic E-state index is 11.4. The first-order valence-corrected chi connectivity index (χ1v) is 4.71. The number of likely N-dealkylation sites (tertiary alicyclic amines) is 1. The summed E-state index contributed by atoms with van der Waals surface area (Å²) in [7, 11) is 0. The van der Waals surface area contributed by atoms with Crippen LogP contribution in [0.4, 0.5) is 4.79 Å². The molecule has 1 aliphatic heterocycles. The summed E-state index contributed by atoms with van der Waals surface area (Å²) < 4.78 is 5.09. The van der Waals surface area contributed by atoms with E-state index < -0.39 is 23.1 Å². The summed E-state index contributed by atoms with van der Waals surface area (Å²) in [4.78, 5) is 23.7. The molecule has 0 atom stereocenters. The minimum Gasteiger partial charge on any atom is -0.444 e. The molecule has 6 heteroatoms. The van der Waals surface area contributed by atoms with Crippen molar-refractivity contribution in [2.45, 2.75) is 31.9 Å². The topological polar surface area (TPSA) is 98.7 Å². The van der Waals surface area contributed by atoms with E-state index in [2.05, 4.69) is 0 Å². The summed E-state index contributed by atoms with van der Waals surface area (Å²) in [6.45, 7) is 5.56. The molecule has 1 rings (SSSR count). The second kappa shape index (κ2) is 3.37. The monoisotopic (exact) mass is 215 g/mol. The lowest BCUT2D eigenvalue weighted by molar-refractivity contribution is -0.128. The first-order chi connectivity index (χ1) is 6.64. The van der Waals surface area contributed by atoms with Gasteiger partial charge in [-0.2, -0.15) is 0 Å². The SMILES string of the molecule is CC(C)(C)OC(=O)N1CC(N)(C(N)=O)C1. The lowest BCUT2D eigenvalue weighted by Crippen LogP contribution is -2.74. The molecule has 1 fully saturated rings. The van der Waals surface area contributed by atoms with E-state index in [1.165, 1.54) is 4.90 Å². The van der Waals surface area contributed by atoms with Gasteiger partial charge in [-0.15, -0.1) is 0 Å². The molecule has 0 bridgehead atoms. The molecule has 4 N–H and O–H groups in total. The van der Waals surface area contributed by atoms with Crippen LogP contribution in [0.5, 0.6) is 0 Å². The van der Waals surface area contributed by atoms with Crippen LogP contribution in [0.2, 0.25) is 0 Å². The highest BCUT2D eigenvalue weighted by atomic mass is 16.6. The predicted octanol–water partition coefficient (Wildman–Crippen LogP) is -0.580. The first kappa shape index (κ1) is 11.8. The summed E-state index contributed by atoms with van der Waals surface area (Å²) >= 11 is 0. The number of hydrogen-bond donors (Lipinski definition) is 2. The number of hydrogen-bond acceptors (Lipinski definition) is 4. The molecule has 2 amide bonds. The van der Waals surface area contributed by atoms with Crippen LogP contribution >= 0.6 is 0 Å². The zero-order valence-electron chi connectivity index (χ0n) is 9.24. The number of rotatable bonds is 1. The largest absolute Gasteiger partial charge is 0.444 e. The van der Waals surface area contributed by atoms with Crippen molar-refractivity contribution >= 4 is 12.0 Å². The van der Waals surface area contributed by atoms with Gasteiger partial charge in [-0.05, 0) is 20.8 Å². The molecule has 0 unspecified atom stereocenters. The van der Waals surface area contributed by atoms with Gasteiger partial charge in [0.15, 0.2) is 0 Å². The molecule has 1 aliphatic rings. The Kier molecular flexibility index (Phi) is 2.65. The Balaban J connectivity index is 2.46. The molecule has 0 saturated carbocycles. The summed E-state index contributed by atoms with van der Waals surface area (Å²) in [5, 5.41) is 0. The average molecular weight is 215 g/mol. The van der Waals surface area contributed by atoms with E-state index in [0.29, 0.717) is 0 Å². The summed E-state index contributed by atoms with van der Waals surface area (Å²) in [6, 6.07) is 0. The fourth-order valence-corrected chi connectivity index (χ4v) is 1.25. The number of ether oxygens (including phenoxy) is 1. The van der Waals surface area contributed by atoms with Crippen molar-refractivity contribution in [3.63, 3.8) is 0 Å². The molecule has 0 spiro atoms. The second-order valence-corrected chi connectivity index (χ2v) is 4.86. The van der Waals surface area contributed by atoms with E-state index in [1.54, 1.807) is 20.8 Å². The van der Waals surface area contributed by atoms with Crippen LogP contribution < -0.4 is 11.5 Å². The van der Waals surface area contributed by atoms with Crippen LogP contribution in [0.3, 0.4) is 0 Å². The van der Waals surface area contributed by atoms with Crippen molar-refractivity contribution in [2.75, 3.05) is 13.1 Å². The smallest absolute Gasteiger partial charge is 0.410 e. The highest BCUT2D eigenvalue weighted by Crippen LogP contribution is 2.20. The number of nitrogens with two attached hydrogens (primary N) is 2. The van der Waals surface area contributed by atoms with E-state index in [1.807, 2.05) is 0 Å². The third kappa shape index (κ3) is 2.59. The van der Waals surface area contributed by atoms with Gasteiger partial charge >= 0.3 is 6.09 Å². The third-order valence-corrected chi connectivity index (χ3v) is 2.09.